The second-order valence-electron chi connectivity index (χ2n) is 5.64. The number of methoxy groups -OCH3 is 1. The molecular weight excluding hydrogens is 324 g/mol. The van der Waals surface area contributed by atoms with Crippen molar-refractivity contribution in [1.29, 1.82) is 0 Å². The van der Waals surface area contributed by atoms with Crippen molar-refractivity contribution >= 4 is 17.3 Å². The van der Waals surface area contributed by atoms with Gasteiger partial charge in [0.05, 0.1) is 18.1 Å². The van der Waals surface area contributed by atoms with Crippen LogP contribution in [0.2, 0.25) is 0 Å². The van der Waals surface area contributed by atoms with Crippen LogP contribution in [0.1, 0.15) is 18.1 Å². The van der Waals surface area contributed by atoms with Gasteiger partial charge in [0.15, 0.2) is 6.10 Å². The molecule has 0 radical (unpaired) electrons. The van der Waals surface area contributed by atoms with Gasteiger partial charge in [0.25, 0.3) is 11.6 Å². The molecular formula is C18H20N2O5. The van der Waals surface area contributed by atoms with Gasteiger partial charge in [-0.3, -0.25) is 14.9 Å². The third kappa shape index (κ3) is 4.47. The van der Waals surface area contributed by atoms with E-state index in [0.717, 1.165) is 11.1 Å². The minimum Gasteiger partial charge on any atom is -0.496 e. The van der Waals surface area contributed by atoms with E-state index in [1.807, 2.05) is 26.0 Å². The number of rotatable bonds is 6. The summed E-state index contributed by atoms with van der Waals surface area (Å²) in [7, 11) is 1.41. The van der Waals surface area contributed by atoms with Gasteiger partial charge in [-0.05, 0) is 56.2 Å². The summed E-state index contributed by atoms with van der Waals surface area (Å²) in [5, 5.41) is 13.7. The fourth-order valence-corrected chi connectivity index (χ4v) is 2.17. The van der Waals surface area contributed by atoms with Crippen LogP contribution in [0.3, 0.4) is 0 Å². The first kappa shape index (κ1) is 18.3. The lowest BCUT2D eigenvalue weighted by Gasteiger charge is -2.16. The number of nitro groups is 1. The molecule has 25 heavy (non-hydrogen) atoms. The number of anilines is 1. The summed E-state index contributed by atoms with van der Waals surface area (Å²) in [4.78, 5) is 22.9. The number of nitrogens with one attached hydrogen (secondary N) is 1. The molecule has 0 heterocycles. The minimum absolute atomic E-state index is 0.0892. The molecule has 0 aliphatic carbocycles. The van der Waals surface area contributed by atoms with Crippen LogP contribution in [0, 0.1) is 24.0 Å². The van der Waals surface area contributed by atoms with Gasteiger partial charge in [-0.25, -0.2) is 0 Å². The maximum Gasteiger partial charge on any atom is 0.296 e. The summed E-state index contributed by atoms with van der Waals surface area (Å²) in [6.07, 6.45) is -0.816. The van der Waals surface area contributed by atoms with Crippen molar-refractivity contribution in [3.05, 3.63) is 57.6 Å². The number of aryl methyl sites for hydroxylation is 2. The van der Waals surface area contributed by atoms with Gasteiger partial charge >= 0.3 is 0 Å². The summed E-state index contributed by atoms with van der Waals surface area (Å²) >= 11 is 0. The van der Waals surface area contributed by atoms with E-state index in [2.05, 4.69) is 5.32 Å². The first-order valence-electron chi connectivity index (χ1n) is 7.69. The molecule has 0 fully saturated rings. The lowest BCUT2D eigenvalue weighted by Crippen LogP contribution is -2.30. The smallest absolute Gasteiger partial charge is 0.296 e. The van der Waals surface area contributed by atoms with E-state index in [-0.39, 0.29) is 11.4 Å². The average molecular weight is 344 g/mol. The molecule has 0 saturated carbocycles. The normalized spacial score (nSPS) is 11.5. The largest absolute Gasteiger partial charge is 0.496 e. The van der Waals surface area contributed by atoms with E-state index in [0.29, 0.717) is 11.5 Å². The van der Waals surface area contributed by atoms with Crippen LogP contribution < -0.4 is 14.8 Å². The van der Waals surface area contributed by atoms with Gasteiger partial charge < -0.3 is 14.8 Å². The third-order valence-corrected chi connectivity index (χ3v) is 3.82. The fraction of sp³-hybridized carbons (Fsp3) is 0.278. The SMILES string of the molecule is COc1ccc(NC(=O)C(C)Oc2ccc(C)c(C)c2)c([N+](=O)[O-])c1. The molecule has 0 aromatic heterocycles. The van der Waals surface area contributed by atoms with E-state index in [9.17, 15) is 14.9 Å². The van der Waals surface area contributed by atoms with Crippen molar-refractivity contribution in [3.8, 4) is 11.5 Å². The van der Waals surface area contributed by atoms with Crippen molar-refractivity contribution < 1.29 is 19.2 Å². The lowest BCUT2D eigenvalue weighted by molar-refractivity contribution is -0.384. The van der Waals surface area contributed by atoms with Gasteiger partial charge in [0.2, 0.25) is 0 Å². The summed E-state index contributed by atoms with van der Waals surface area (Å²) in [6, 6.07) is 9.75. The topological polar surface area (TPSA) is 90.7 Å². The van der Waals surface area contributed by atoms with Crippen LogP contribution >= 0.6 is 0 Å². The van der Waals surface area contributed by atoms with E-state index in [1.54, 1.807) is 13.0 Å². The van der Waals surface area contributed by atoms with Crippen LogP contribution in [0.5, 0.6) is 11.5 Å². The second kappa shape index (κ2) is 7.65. The molecule has 0 bridgehead atoms. The Balaban J connectivity index is 2.13. The highest BCUT2D eigenvalue weighted by Gasteiger charge is 2.21. The van der Waals surface area contributed by atoms with Crippen LogP contribution in [-0.4, -0.2) is 24.0 Å². The Labute approximate surface area is 145 Å². The number of nitro benzene ring substituents is 1. The van der Waals surface area contributed by atoms with Crippen molar-refractivity contribution in [2.45, 2.75) is 26.9 Å². The molecule has 2 rings (SSSR count). The molecule has 132 valence electrons. The average Bonchev–Trinajstić information content (AvgIpc) is 2.58. The number of carbonyl (C=O) groups excluding carboxylic acids is 1. The summed E-state index contributed by atoms with van der Waals surface area (Å²) < 4.78 is 10.6. The monoisotopic (exact) mass is 344 g/mol. The Morgan fingerprint density at radius 2 is 1.80 bits per heavy atom. The lowest BCUT2D eigenvalue weighted by atomic mass is 10.1. The van der Waals surface area contributed by atoms with Crippen LogP contribution in [0.15, 0.2) is 36.4 Å². The molecule has 0 aliphatic rings. The van der Waals surface area contributed by atoms with Gasteiger partial charge in [-0.15, -0.1) is 0 Å². The Hall–Kier alpha value is -3.09. The Morgan fingerprint density at radius 1 is 1.12 bits per heavy atom. The predicted molar refractivity (Wildman–Crippen MR) is 94.3 cm³/mol. The number of ether oxygens (including phenoxy) is 2. The maximum absolute atomic E-state index is 12.3. The van der Waals surface area contributed by atoms with Crippen molar-refractivity contribution in [1.82, 2.24) is 0 Å². The van der Waals surface area contributed by atoms with Gasteiger partial charge in [0.1, 0.15) is 17.2 Å². The zero-order valence-electron chi connectivity index (χ0n) is 14.5. The molecule has 0 spiro atoms. The van der Waals surface area contributed by atoms with Crippen molar-refractivity contribution in [2.24, 2.45) is 0 Å². The molecule has 0 aliphatic heterocycles. The molecule has 7 nitrogen and oxygen atoms in total. The number of hydrogen-bond donors (Lipinski definition) is 1. The molecule has 1 amide bonds. The zero-order chi connectivity index (χ0) is 18.6. The van der Waals surface area contributed by atoms with E-state index < -0.39 is 16.9 Å². The Kier molecular flexibility index (Phi) is 5.59. The molecule has 1 unspecified atom stereocenters. The van der Waals surface area contributed by atoms with Gasteiger partial charge in [-0.2, -0.15) is 0 Å². The Morgan fingerprint density at radius 3 is 2.40 bits per heavy atom. The minimum atomic E-state index is -0.816. The quantitative estimate of drug-likeness (QED) is 0.638. The van der Waals surface area contributed by atoms with Gasteiger partial charge in [-0.1, -0.05) is 6.07 Å². The van der Waals surface area contributed by atoms with E-state index in [1.165, 1.54) is 25.3 Å². The highest BCUT2D eigenvalue weighted by Crippen LogP contribution is 2.29. The van der Waals surface area contributed by atoms with E-state index >= 15 is 0 Å². The molecule has 1 atom stereocenters. The third-order valence-electron chi connectivity index (χ3n) is 3.82. The van der Waals surface area contributed by atoms with Crippen LogP contribution in [0.25, 0.3) is 0 Å². The van der Waals surface area contributed by atoms with Crippen LogP contribution in [-0.2, 0) is 4.79 Å². The number of benzene rings is 2. The van der Waals surface area contributed by atoms with Crippen molar-refractivity contribution in [2.75, 3.05) is 12.4 Å². The number of amides is 1. The summed E-state index contributed by atoms with van der Waals surface area (Å²) in [6.45, 7) is 5.52. The zero-order valence-corrected chi connectivity index (χ0v) is 14.5. The maximum atomic E-state index is 12.3. The van der Waals surface area contributed by atoms with Gasteiger partial charge in [0, 0.05) is 0 Å². The summed E-state index contributed by atoms with van der Waals surface area (Å²) in [5.41, 5.74) is 2.02. The number of carbonyl (C=O) groups is 1. The summed E-state index contributed by atoms with van der Waals surface area (Å²) in [5.74, 6) is 0.422. The molecule has 2 aromatic rings. The fourth-order valence-electron chi connectivity index (χ4n) is 2.17. The number of hydrogen-bond acceptors (Lipinski definition) is 5. The molecule has 2 aromatic carbocycles. The first-order chi connectivity index (χ1) is 11.8. The molecule has 7 heteroatoms. The predicted octanol–water partition coefficient (Wildman–Crippen LogP) is 3.63. The van der Waals surface area contributed by atoms with E-state index in [4.69, 9.17) is 9.47 Å². The second-order valence-corrected chi connectivity index (χ2v) is 5.64. The van der Waals surface area contributed by atoms with Crippen LogP contribution in [0.4, 0.5) is 11.4 Å². The highest BCUT2D eigenvalue weighted by atomic mass is 16.6. The molecule has 1 N–H and O–H groups in total. The number of nitrogens with zero attached hydrogens (tertiary/aromatic N) is 1. The Bertz CT molecular complexity index is 804. The standard InChI is InChI=1S/C18H20N2O5/c1-11-5-6-15(9-12(11)2)25-13(3)18(21)19-16-8-7-14(24-4)10-17(16)20(22)23/h5-10,13H,1-4H3,(H,19,21). The first-order valence-corrected chi connectivity index (χ1v) is 7.69. The molecule has 0 saturated heterocycles. The van der Waals surface area contributed by atoms with Crippen molar-refractivity contribution in [3.63, 3.8) is 0 Å². The highest BCUT2D eigenvalue weighted by molar-refractivity contribution is 5.96.